The molecule has 28 heavy (non-hydrogen) atoms. The van der Waals surface area contributed by atoms with E-state index >= 15 is 0 Å². The molecular weight excluding hydrogens is 352 g/mol. The van der Waals surface area contributed by atoms with Crippen LogP contribution in [0, 0.1) is 13.8 Å². The summed E-state index contributed by atoms with van der Waals surface area (Å²) in [4.78, 5) is 30.7. The first kappa shape index (κ1) is 19.5. The molecule has 0 unspecified atom stereocenters. The Labute approximate surface area is 164 Å². The van der Waals surface area contributed by atoms with E-state index in [-0.39, 0.29) is 24.9 Å². The van der Waals surface area contributed by atoms with Gasteiger partial charge in [0.15, 0.2) is 0 Å². The standard InChI is InChI=1S/C22H24N4O2/c1-15-7-4-8-16(2)22(15)25-21(28)14-26(3)13-20(27)24-19-11-5-10-18-17(19)9-6-12-23-18/h4-12H,13-14H2,1-3H3,(H,24,27)(H,25,28). The Kier molecular flexibility index (Phi) is 6.01. The number of anilines is 2. The van der Waals surface area contributed by atoms with Gasteiger partial charge >= 0.3 is 0 Å². The van der Waals surface area contributed by atoms with Crippen molar-refractivity contribution in [1.29, 1.82) is 0 Å². The average Bonchev–Trinajstić information content (AvgIpc) is 2.65. The van der Waals surface area contributed by atoms with Gasteiger partial charge in [0.1, 0.15) is 0 Å². The number of fused-ring (bicyclic) bond motifs is 1. The fraction of sp³-hybridized carbons (Fsp3) is 0.227. The monoisotopic (exact) mass is 376 g/mol. The largest absolute Gasteiger partial charge is 0.324 e. The fourth-order valence-electron chi connectivity index (χ4n) is 3.14. The molecule has 2 N–H and O–H groups in total. The second-order valence-corrected chi connectivity index (χ2v) is 6.91. The SMILES string of the molecule is Cc1cccc(C)c1NC(=O)CN(C)CC(=O)Nc1cccc2ncccc12. The van der Waals surface area contributed by atoms with E-state index < -0.39 is 0 Å². The summed E-state index contributed by atoms with van der Waals surface area (Å²) in [7, 11) is 1.74. The highest BCUT2D eigenvalue weighted by molar-refractivity contribution is 6.02. The first-order valence-corrected chi connectivity index (χ1v) is 9.12. The van der Waals surface area contributed by atoms with Gasteiger partial charge < -0.3 is 10.6 Å². The Morgan fingerprint density at radius 3 is 2.25 bits per heavy atom. The number of likely N-dealkylation sites (N-methyl/N-ethyl adjacent to an activating group) is 1. The molecule has 0 radical (unpaired) electrons. The Hall–Kier alpha value is -3.25. The number of para-hydroxylation sites is 1. The number of hydrogen-bond acceptors (Lipinski definition) is 4. The maximum absolute atomic E-state index is 12.4. The van der Waals surface area contributed by atoms with Crippen molar-refractivity contribution >= 4 is 34.1 Å². The molecule has 2 amide bonds. The molecule has 1 heterocycles. The summed E-state index contributed by atoms with van der Waals surface area (Å²) < 4.78 is 0. The summed E-state index contributed by atoms with van der Waals surface area (Å²) in [6.07, 6.45) is 1.72. The van der Waals surface area contributed by atoms with Crippen LogP contribution in [0.25, 0.3) is 10.9 Å². The molecule has 1 aromatic heterocycles. The predicted octanol–water partition coefficient (Wildman–Crippen LogP) is 3.36. The minimum Gasteiger partial charge on any atom is -0.324 e. The van der Waals surface area contributed by atoms with Crippen molar-refractivity contribution in [2.45, 2.75) is 13.8 Å². The van der Waals surface area contributed by atoms with Crippen LogP contribution in [-0.2, 0) is 9.59 Å². The molecule has 0 aliphatic rings. The van der Waals surface area contributed by atoms with Crippen molar-refractivity contribution in [1.82, 2.24) is 9.88 Å². The second-order valence-electron chi connectivity index (χ2n) is 6.91. The molecule has 0 saturated carbocycles. The molecule has 6 nitrogen and oxygen atoms in total. The topological polar surface area (TPSA) is 74.3 Å². The highest BCUT2D eigenvalue weighted by Gasteiger charge is 2.13. The summed E-state index contributed by atoms with van der Waals surface area (Å²) >= 11 is 0. The summed E-state index contributed by atoms with van der Waals surface area (Å²) in [6, 6.07) is 15.2. The van der Waals surface area contributed by atoms with Crippen LogP contribution in [0.15, 0.2) is 54.7 Å². The van der Waals surface area contributed by atoms with Crippen LogP contribution in [0.4, 0.5) is 11.4 Å². The Bertz CT molecular complexity index is 991. The van der Waals surface area contributed by atoms with Crippen molar-refractivity contribution < 1.29 is 9.59 Å². The van der Waals surface area contributed by atoms with Crippen LogP contribution in [0.1, 0.15) is 11.1 Å². The van der Waals surface area contributed by atoms with Gasteiger partial charge in [0.05, 0.1) is 24.3 Å². The summed E-state index contributed by atoms with van der Waals surface area (Å²) in [6.45, 7) is 4.15. The number of rotatable bonds is 6. The quantitative estimate of drug-likeness (QED) is 0.692. The third-order valence-electron chi connectivity index (χ3n) is 4.49. The van der Waals surface area contributed by atoms with E-state index in [2.05, 4.69) is 15.6 Å². The number of amides is 2. The van der Waals surface area contributed by atoms with Crippen molar-refractivity contribution in [3.63, 3.8) is 0 Å². The van der Waals surface area contributed by atoms with Gasteiger partial charge in [-0.1, -0.05) is 24.3 Å². The van der Waals surface area contributed by atoms with Crippen molar-refractivity contribution in [3.05, 3.63) is 65.9 Å². The first-order valence-electron chi connectivity index (χ1n) is 9.12. The number of pyridine rings is 1. The molecule has 0 aliphatic heterocycles. The highest BCUT2D eigenvalue weighted by atomic mass is 16.2. The van der Waals surface area contributed by atoms with E-state index in [0.717, 1.165) is 27.7 Å². The van der Waals surface area contributed by atoms with Crippen LogP contribution in [-0.4, -0.2) is 41.8 Å². The van der Waals surface area contributed by atoms with Crippen LogP contribution in [0.3, 0.4) is 0 Å². The van der Waals surface area contributed by atoms with Gasteiger partial charge in [-0.2, -0.15) is 0 Å². The third-order valence-corrected chi connectivity index (χ3v) is 4.49. The molecule has 3 aromatic rings. The zero-order chi connectivity index (χ0) is 20.1. The Balaban J connectivity index is 1.57. The van der Waals surface area contributed by atoms with Crippen molar-refractivity contribution in [2.24, 2.45) is 0 Å². The number of benzene rings is 2. The van der Waals surface area contributed by atoms with Gasteiger partial charge in [-0.25, -0.2) is 0 Å². The molecule has 3 rings (SSSR count). The molecule has 0 atom stereocenters. The van der Waals surface area contributed by atoms with Crippen molar-refractivity contribution in [3.8, 4) is 0 Å². The lowest BCUT2D eigenvalue weighted by Crippen LogP contribution is -2.36. The number of carbonyl (C=O) groups excluding carboxylic acids is 2. The van der Waals surface area contributed by atoms with E-state index in [1.807, 2.05) is 62.4 Å². The lowest BCUT2D eigenvalue weighted by molar-refractivity contribution is -0.119. The van der Waals surface area contributed by atoms with Gasteiger partial charge in [0.2, 0.25) is 11.8 Å². The van der Waals surface area contributed by atoms with Gasteiger partial charge in [-0.05, 0) is 56.3 Å². The van der Waals surface area contributed by atoms with Crippen LogP contribution >= 0.6 is 0 Å². The average molecular weight is 376 g/mol. The first-order chi connectivity index (χ1) is 13.4. The molecular formula is C22H24N4O2. The summed E-state index contributed by atoms with van der Waals surface area (Å²) in [5, 5.41) is 6.72. The molecule has 0 spiro atoms. The Morgan fingerprint density at radius 2 is 1.54 bits per heavy atom. The second kappa shape index (κ2) is 8.63. The zero-order valence-electron chi connectivity index (χ0n) is 16.3. The van der Waals surface area contributed by atoms with Crippen LogP contribution < -0.4 is 10.6 Å². The van der Waals surface area contributed by atoms with E-state index in [4.69, 9.17) is 0 Å². The molecule has 2 aromatic carbocycles. The number of carbonyl (C=O) groups is 2. The Morgan fingerprint density at radius 1 is 0.893 bits per heavy atom. The summed E-state index contributed by atoms with van der Waals surface area (Å²) in [5.41, 5.74) is 4.39. The van der Waals surface area contributed by atoms with E-state index in [1.54, 1.807) is 18.1 Å². The van der Waals surface area contributed by atoms with Crippen LogP contribution in [0.5, 0.6) is 0 Å². The normalized spacial score (nSPS) is 10.9. The molecule has 0 bridgehead atoms. The van der Waals surface area contributed by atoms with Gasteiger partial charge in [-0.15, -0.1) is 0 Å². The lowest BCUT2D eigenvalue weighted by Gasteiger charge is -2.18. The van der Waals surface area contributed by atoms with Gasteiger partial charge in [-0.3, -0.25) is 19.5 Å². The van der Waals surface area contributed by atoms with E-state index in [9.17, 15) is 9.59 Å². The minimum absolute atomic E-state index is 0.108. The maximum atomic E-state index is 12.4. The fourth-order valence-corrected chi connectivity index (χ4v) is 3.14. The molecule has 0 aliphatic carbocycles. The third kappa shape index (κ3) is 4.72. The molecule has 0 saturated heterocycles. The maximum Gasteiger partial charge on any atom is 0.238 e. The zero-order valence-corrected chi connectivity index (χ0v) is 16.3. The highest BCUT2D eigenvalue weighted by Crippen LogP contribution is 2.21. The lowest BCUT2D eigenvalue weighted by atomic mass is 10.1. The number of aromatic nitrogens is 1. The summed E-state index contributed by atoms with van der Waals surface area (Å²) in [5.74, 6) is -0.333. The van der Waals surface area contributed by atoms with E-state index in [0.29, 0.717) is 5.69 Å². The van der Waals surface area contributed by atoms with Crippen molar-refractivity contribution in [2.75, 3.05) is 30.8 Å². The van der Waals surface area contributed by atoms with Gasteiger partial charge in [0.25, 0.3) is 0 Å². The number of aryl methyl sites for hydroxylation is 2. The molecule has 6 heteroatoms. The van der Waals surface area contributed by atoms with Crippen LogP contribution in [0.2, 0.25) is 0 Å². The minimum atomic E-state index is -0.182. The van der Waals surface area contributed by atoms with E-state index in [1.165, 1.54) is 0 Å². The van der Waals surface area contributed by atoms with Gasteiger partial charge in [0, 0.05) is 17.3 Å². The molecule has 0 fully saturated rings. The smallest absolute Gasteiger partial charge is 0.238 e. The number of hydrogen-bond donors (Lipinski definition) is 2. The molecule has 144 valence electrons. The number of nitrogens with zero attached hydrogens (tertiary/aromatic N) is 2. The predicted molar refractivity (Wildman–Crippen MR) is 112 cm³/mol. The number of nitrogens with one attached hydrogen (secondary N) is 2.